The number of likely N-dealkylation sites (N-methyl/N-ethyl adjacent to an activating group) is 1. The summed E-state index contributed by atoms with van der Waals surface area (Å²) in [7, 11) is 2.12. The van der Waals surface area contributed by atoms with Crippen LogP contribution in [-0.4, -0.2) is 53.2 Å². The molecule has 2 aliphatic heterocycles. The van der Waals surface area contributed by atoms with E-state index in [0.717, 1.165) is 50.9 Å². The Morgan fingerprint density at radius 3 is 2.84 bits per heavy atom. The van der Waals surface area contributed by atoms with E-state index in [1.54, 1.807) is 0 Å². The molecule has 0 aliphatic carbocycles. The fourth-order valence-electron chi connectivity index (χ4n) is 3.65. The largest absolute Gasteiger partial charge is 0.338 e. The Bertz CT molecular complexity index is 706. The van der Waals surface area contributed by atoms with Crippen molar-refractivity contribution in [1.29, 1.82) is 0 Å². The molecule has 136 valence electrons. The van der Waals surface area contributed by atoms with Gasteiger partial charge in [0.15, 0.2) is 5.82 Å². The summed E-state index contributed by atoms with van der Waals surface area (Å²) in [6.07, 6.45) is 1.08. The second-order valence-corrected chi connectivity index (χ2v) is 6.86. The van der Waals surface area contributed by atoms with Gasteiger partial charge in [0.25, 0.3) is 0 Å². The third-order valence-corrected chi connectivity index (χ3v) is 5.33. The molecule has 2 aromatic rings. The molecule has 0 amide bonds. The molecular formula is C18H26ClN5O. The van der Waals surface area contributed by atoms with Gasteiger partial charge in [-0.05, 0) is 31.5 Å². The monoisotopic (exact) mass is 363 g/mol. The third kappa shape index (κ3) is 3.72. The topological polar surface area (TPSA) is 57.4 Å². The van der Waals surface area contributed by atoms with Crippen molar-refractivity contribution in [3.63, 3.8) is 0 Å². The van der Waals surface area contributed by atoms with Gasteiger partial charge >= 0.3 is 0 Å². The van der Waals surface area contributed by atoms with E-state index in [9.17, 15) is 0 Å². The highest BCUT2D eigenvalue weighted by Gasteiger charge is 2.29. The van der Waals surface area contributed by atoms with Crippen molar-refractivity contribution in [2.24, 2.45) is 0 Å². The molecule has 1 fully saturated rings. The molecule has 0 bridgehead atoms. The zero-order valence-corrected chi connectivity index (χ0v) is 15.6. The lowest BCUT2D eigenvalue weighted by Gasteiger charge is -2.32. The maximum Gasteiger partial charge on any atom is 0.243 e. The van der Waals surface area contributed by atoms with Gasteiger partial charge in [-0.3, -0.25) is 9.80 Å². The fourth-order valence-corrected chi connectivity index (χ4v) is 3.65. The summed E-state index contributed by atoms with van der Waals surface area (Å²) in [5.74, 6) is 1.52. The molecule has 6 nitrogen and oxygen atoms in total. The van der Waals surface area contributed by atoms with Crippen molar-refractivity contribution in [1.82, 2.24) is 25.3 Å². The first-order chi connectivity index (χ1) is 11.7. The Labute approximate surface area is 155 Å². The van der Waals surface area contributed by atoms with E-state index in [1.807, 2.05) is 0 Å². The number of nitrogens with zero attached hydrogens (tertiary/aromatic N) is 4. The SMILES string of the molecule is CC(c1nc(C2CNCCN2C)no1)N1CCc2ccccc2C1.Cl. The summed E-state index contributed by atoms with van der Waals surface area (Å²) in [6.45, 7) is 7.03. The van der Waals surface area contributed by atoms with Gasteiger partial charge in [-0.25, -0.2) is 0 Å². The summed E-state index contributed by atoms with van der Waals surface area (Å²) < 4.78 is 5.61. The van der Waals surface area contributed by atoms with Gasteiger partial charge in [0.1, 0.15) is 0 Å². The van der Waals surface area contributed by atoms with Gasteiger partial charge in [0.05, 0.1) is 12.1 Å². The number of hydrogen-bond acceptors (Lipinski definition) is 6. The number of fused-ring (bicyclic) bond motifs is 1. The zero-order valence-electron chi connectivity index (χ0n) is 14.8. The summed E-state index contributed by atoms with van der Waals surface area (Å²) >= 11 is 0. The molecule has 7 heteroatoms. The highest BCUT2D eigenvalue weighted by molar-refractivity contribution is 5.85. The van der Waals surface area contributed by atoms with Crippen LogP contribution in [0.4, 0.5) is 0 Å². The van der Waals surface area contributed by atoms with Gasteiger partial charge in [-0.15, -0.1) is 12.4 Å². The van der Waals surface area contributed by atoms with Crippen LogP contribution in [-0.2, 0) is 13.0 Å². The van der Waals surface area contributed by atoms with E-state index in [-0.39, 0.29) is 24.5 Å². The Morgan fingerprint density at radius 1 is 1.24 bits per heavy atom. The average Bonchev–Trinajstić information content (AvgIpc) is 3.11. The second kappa shape index (κ2) is 7.83. The number of aromatic nitrogens is 2. The smallest absolute Gasteiger partial charge is 0.243 e. The van der Waals surface area contributed by atoms with Gasteiger partial charge < -0.3 is 9.84 Å². The molecule has 2 unspecified atom stereocenters. The number of hydrogen-bond donors (Lipinski definition) is 1. The number of benzene rings is 1. The van der Waals surface area contributed by atoms with Crippen LogP contribution < -0.4 is 5.32 Å². The normalized spacial score (nSPS) is 22.9. The van der Waals surface area contributed by atoms with E-state index in [4.69, 9.17) is 9.51 Å². The van der Waals surface area contributed by atoms with Crippen molar-refractivity contribution >= 4 is 12.4 Å². The molecule has 1 aromatic heterocycles. The summed E-state index contributed by atoms with van der Waals surface area (Å²) in [5, 5.41) is 7.66. The Morgan fingerprint density at radius 2 is 2.04 bits per heavy atom. The summed E-state index contributed by atoms with van der Waals surface area (Å²) in [6, 6.07) is 9.03. The average molecular weight is 364 g/mol. The number of rotatable bonds is 3. The molecule has 0 saturated carbocycles. The molecule has 1 N–H and O–H groups in total. The van der Waals surface area contributed by atoms with E-state index in [0.29, 0.717) is 0 Å². The predicted octanol–water partition coefficient (Wildman–Crippen LogP) is 2.19. The van der Waals surface area contributed by atoms with Crippen LogP contribution >= 0.6 is 12.4 Å². The molecule has 4 rings (SSSR count). The van der Waals surface area contributed by atoms with Crippen molar-refractivity contribution in [3.8, 4) is 0 Å². The first-order valence-corrected chi connectivity index (χ1v) is 8.77. The van der Waals surface area contributed by atoms with E-state index >= 15 is 0 Å². The molecule has 2 atom stereocenters. The first kappa shape index (κ1) is 18.3. The van der Waals surface area contributed by atoms with Gasteiger partial charge in [0, 0.05) is 32.7 Å². The van der Waals surface area contributed by atoms with Crippen LogP contribution in [0.25, 0.3) is 0 Å². The van der Waals surface area contributed by atoms with Crippen LogP contribution in [0.3, 0.4) is 0 Å². The van der Waals surface area contributed by atoms with E-state index < -0.39 is 0 Å². The maximum atomic E-state index is 5.61. The van der Waals surface area contributed by atoms with Crippen LogP contribution in [0.15, 0.2) is 28.8 Å². The molecule has 0 radical (unpaired) electrons. The Hall–Kier alpha value is -1.47. The molecule has 1 aromatic carbocycles. The Balaban J connectivity index is 0.00000182. The molecule has 3 heterocycles. The van der Waals surface area contributed by atoms with E-state index in [2.05, 4.69) is 58.5 Å². The minimum absolute atomic E-state index is 0. The van der Waals surface area contributed by atoms with Crippen LogP contribution in [0.5, 0.6) is 0 Å². The standard InChI is InChI=1S/C18H25N5O.ClH/c1-13(23-9-7-14-5-3-4-6-15(14)12-23)18-20-17(21-24-18)16-11-19-8-10-22(16)2;/h3-6,13,16,19H,7-12H2,1-2H3;1H. The lowest BCUT2D eigenvalue weighted by Crippen LogP contribution is -2.44. The minimum Gasteiger partial charge on any atom is -0.338 e. The van der Waals surface area contributed by atoms with Crippen LogP contribution in [0.2, 0.25) is 0 Å². The number of halogens is 1. The van der Waals surface area contributed by atoms with Crippen LogP contribution in [0, 0.1) is 0 Å². The number of piperazine rings is 1. The molecule has 25 heavy (non-hydrogen) atoms. The highest BCUT2D eigenvalue weighted by Crippen LogP contribution is 2.28. The van der Waals surface area contributed by atoms with Crippen molar-refractivity contribution in [2.75, 3.05) is 33.2 Å². The highest BCUT2D eigenvalue weighted by atomic mass is 35.5. The molecule has 1 saturated heterocycles. The lowest BCUT2D eigenvalue weighted by atomic mass is 9.99. The lowest BCUT2D eigenvalue weighted by molar-refractivity contribution is 0.157. The second-order valence-electron chi connectivity index (χ2n) is 6.86. The molecule has 0 spiro atoms. The Kier molecular flexibility index (Phi) is 5.74. The number of nitrogens with one attached hydrogen (secondary N) is 1. The molecule has 2 aliphatic rings. The first-order valence-electron chi connectivity index (χ1n) is 8.77. The quantitative estimate of drug-likeness (QED) is 0.902. The zero-order chi connectivity index (χ0) is 16.5. The summed E-state index contributed by atoms with van der Waals surface area (Å²) in [4.78, 5) is 9.42. The third-order valence-electron chi connectivity index (χ3n) is 5.33. The minimum atomic E-state index is 0. The van der Waals surface area contributed by atoms with Gasteiger partial charge in [0.2, 0.25) is 5.89 Å². The van der Waals surface area contributed by atoms with Gasteiger partial charge in [-0.2, -0.15) is 4.98 Å². The molecular weight excluding hydrogens is 338 g/mol. The van der Waals surface area contributed by atoms with Crippen molar-refractivity contribution in [3.05, 3.63) is 47.1 Å². The van der Waals surface area contributed by atoms with E-state index in [1.165, 1.54) is 11.1 Å². The predicted molar refractivity (Wildman–Crippen MR) is 98.8 cm³/mol. The maximum absolute atomic E-state index is 5.61. The van der Waals surface area contributed by atoms with Crippen molar-refractivity contribution in [2.45, 2.75) is 32.0 Å². The van der Waals surface area contributed by atoms with Crippen molar-refractivity contribution < 1.29 is 4.52 Å². The fraction of sp³-hybridized carbons (Fsp3) is 0.556. The van der Waals surface area contributed by atoms with Crippen LogP contribution in [0.1, 0.15) is 41.8 Å². The van der Waals surface area contributed by atoms with Gasteiger partial charge in [-0.1, -0.05) is 29.4 Å². The summed E-state index contributed by atoms with van der Waals surface area (Å²) in [5.41, 5.74) is 2.87.